The van der Waals surface area contributed by atoms with E-state index in [1.807, 2.05) is 19.2 Å². The van der Waals surface area contributed by atoms with Gasteiger partial charge >= 0.3 is 0 Å². The normalized spacial score (nSPS) is 10.3. The predicted molar refractivity (Wildman–Crippen MR) is 63.9 cm³/mol. The average molecular weight is 197 g/mol. The number of benzene rings is 1. The van der Waals surface area contributed by atoms with Gasteiger partial charge in [-0.15, -0.1) is 0 Å². The Morgan fingerprint density at radius 1 is 0.800 bits per heavy atom. The van der Waals surface area contributed by atoms with Crippen molar-refractivity contribution in [3.05, 3.63) is 53.3 Å². The van der Waals surface area contributed by atoms with E-state index < -0.39 is 0 Å². The Bertz CT molecular complexity index is 449. The van der Waals surface area contributed by atoms with E-state index >= 15 is 0 Å². The van der Waals surface area contributed by atoms with Crippen LogP contribution in [0, 0.1) is 20.8 Å². The number of hydrogen-bond acceptors (Lipinski definition) is 1. The number of aromatic nitrogens is 1. The summed E-state index contributed by atoms with van der Waals surface area (Å²) in [5, 5.41) is 0. The van der Waals surface area contributed by atoms with E-state index in [1.54, 1.807) is 0 Å². The highest BCUT2D eigenvalue weighted by atomic mass is 14.7. The third kappa shape index (κ3) is 2.24. The fourth-order valence-corrected chi connectivity index (χ4v) is 1.78. The number of nitrogens with zero attached hydrogens (tertiary/aromatic N) is 1. The van der Waals surface area contributed by atoms with Gasteiger partial charge < -0.3 is 0 Å². The minimum absolute atomic E-state index is 1.06. The third-order valence-corrected chi connectivity index (χ3v) is 2.47. The monoisotopic (exact) mass is 197 g/mol. The van der Waals surface area contributed by atoms with Crippen molar-refractivity contribution in [1.29, 1.82) is 0 Å². The first kappa shape index (κ1) is 9.91. The van der Waals surface area contributed by atoms with Crippen molar-refractivity contribution in [2.24, 2.45) is 0 Å². The van der Waals surface area contributed by atoms with E-state index in [1.165, 1.54) is 22.3 Å². The minimum atomic E-state index is 1.06. The lowest BCUT2D eigenvalue weighted by Crippen LogP contribution is -1.85. The van der Waals surface area contributed by atoms with Crippen molar-refractivity contribution in [3.8, 4) is 11.1 Å². The average Bonchev–Trinajstić information content (AvgIpc) is 2.17. The van der Waals surface area contributed by atoms with E-state index in [9.17, 15) is 0 Å². The van der Waals surface area contributed by atoms with Crippen LogP contribution in [0.5, 0.6) is 0 Å². The van der Waals surface area contributed by atoms with Gasteiger partial charge in [0.05, 0.1) is 0 Å². The van der Waals surface area contributed by atoms with Gasteiger partial charge in [0, 0.05) is 17.5 Å². The number of hydrogen-bond donors (Lipinski definition) is 0. The summed E-state index contributed by atoms with van der Waals surface area (Å²) in [5.74, 6) is 0. The molecule has 0 radical (unpaired) electrons. The maximum Gasteiger partial charge on any atom is 0.0373 e. The largest absolute Gasteiger partial charge is 0.261 e. The fraction of sp³-hybridized carbons (Fsp3) is 0.214. The fourth-order valence-electron chi connectivity index (χ4n) is 1.78. The second-order valence-electron chi connectivity index (χ2n) is 4.06. The van der Waals surface area contributed by atoms with Crippen molar-refractivity contribution >= 4 is 0 Å². The van der Waals surface area contributed by atoms with Crippen LogP contribution in [0.25, 0.3) is 11.1 Å². The molecule has 1 aromatic carbocycles. The molecule has 2 rings (SSSR count). The maximum absolute atomic E-state index is 4.31. The Labute approximate surface area is 90.8 Å². The van der Waals surface area contributed by atoms with Gasteiger partial charge in [-0.1, -0.05) is 35.4 Å². The molecule has 0 unspecified atom stereocenters. The van der Waals surface area contributed by atoms with Gasteiger partial charge in [-0.2, -0.15) is 0 Å². The molecule has 0 spiro atoms. The summed E-state index contributed by atoms with van der Waals surface area (Å²) in [4.78, 5) is 4.31. The molecule has 76 valence electrons. The number of aryl methyl sites for hydroxylation is 3. The molecule has 1 heteroatoms. The predicted octanol–water partition coefficient (Wildman–Crippen LogP) is 3.67. The van der Waals surface area contributed by atoms with Crippen LogP contribution in [0.2, 0.25) is 0 Å². The van der Waals surface area contributed by atoms with Crippen LogP contribution in [0.1, 0.15) is 16.8 Å². The maximum atomic E-state index is 4.31. The molecule has 15 heavy (non-hydrogen) atoms. The second kappa shape index (κ2) is 3.85. The Kier molecular flexibility index (Phi) is 2.55. The molecule has 1 heterocycles. The molecule has 0 saturated heterocycles. The van der Waals surface area contributed by atoms with Crippen LogP contribution in [0.3, 0.4) is 0 Å². The zero-order valence-electron chi connectivity index (χ0n) is 9.41. The van der Waals surface area contributed by atoms with E-state index in [-0.39, 0.29) is 0 Å². The van der Waals surface area contributed by atoms with Crippen molar-refractivity contribution in [1.82, 2.24) is 4.98 Å². The van der Waals surface area contributed by atoms with Crippen molar-refractivity contribution in [2.45, 2.75) is 20.8 Å². The van der Waals surface area contributed by atoms with Crippen LogP contribution >= 0.6 is 0 Å². The highest BCUT2D eigenvalue weighted by Gasteiger charge is 1.99. The lowest BCUT2D eigenvalue weighted by molar-refractivity contribution is 1.20. The van der Waals surface area contributed by atoms with Crippen LogP contribution in [-0.4, -0.2) is 4.98 Å². The summed E-state index contributed by atoms with van der Waals surface area (Å²) in [6.45, 7) is 6.25. The first-order valence-electron chi connectivity index (χ1n) is 5.16. The molecular weight excluding hydrogens is 182 g/mol. The van der Waals surface area contributed by atoms with Crippen molar-refractivity contribution in [3.63, 3.8) is 0 Å². The van der Waals surface area contributed by atoms with E-state index in [0.29, 0.717) is 0 Å². The van der Waals surface area contributed by atoms with Crippen LogP contribution < -0.4 is 0 Å². The molecule has 0 amide bonds. The van der Waals surface area contributed by atoms with Crippen LogP contribution in [0.15, 0.2) is 36.5 Å². The first-order chi connectivity index (χ1) is 7.15. The van der Waals surface area contributed by atoms with E-state index in [0.717, 1.165) is 5.69 Å². The zero-order chi connectivity index (χ0) is 10.8. The second-order valence-corrected chi connectivity index (χ2v) is 4.06. The van der Waals surface area contributed by atoms with Gasteiger partial charge in [0.1, 0.15) is 0 Å². The Hall–Kier alpha value is -1.63. The minimum Gasteiger partial charge on any atom is -0.261 e. The molecule has 1 nitrogen and oxygen atoms in total. The molecule has 0 saturated carbocycles. The highest BCUT2D eigenvalue weighted by Crippen LogP contribution is 2.21. The molecule has 0 fully saturated rings. The lowest BCUT2D eigenvalue weighted by Gasteiger charge is -2.05. The molecule has 1 aromatic heterocycles. The first-order valence-corrected chi connectivity index (χ1v) is 5.16. The molecule has 0 N–H and O–H groups in total. The third-order valence-electron chi connectivity index (χ3n) is 2.47. The summed E-state index contributed by atoms with van der Waals surface area (Å²) in [6.07, 6.45) is 1.93. The molecule has 0 atom stereocenters. The van der Waals surface area contributed by atoms with Gasteiger partial charge in [0.15, 0.2) is 0 Å². The van der Waals surface area contributed by atoms with Gasteiger partial charge in [-0.3, -0.25) is 4.98 Å². The molecule has 0 bridgehead atoms. The summed E-state index contributed by atoms with van der Waals surface area (Å²) in [5.41, 5.74) is 6.09. The Morgan fingerprint density at radius 2 is 1.47 bits per heavy atom. The topological polar surface area (TPSA) is 12.9 Å². The molecule has 0 aliphatic heterocycles. The quantitative estimate of drug-likeness (QED) is 0.679. The van der Waals surface area contributed by atoms with Crippen LogP contribution in [-0.2, 0) is 0 Å². The summed E-state index contributed by atoms with van der Waals surface area (Å²) >= 11 is 0. The lowest BCUT2D eigenvalue weighted by atomic mass is 10.0. The molecular formula is C14H15N. The van der Waals surface area contributed by atoms with Crippen molar-refractivity contribution in [2.75, 3.05) is 0 Å². The van der Waals surface area contributed by atoms with Gasteiger partial charge in [0.2, 0.25) is 0 Å². The molecule has 2 aromatic rings. The number of pyridine rings is 1. The van der Waals surface area contributed by atoms with Crippen molar-refractivity contribution < 1.29 is 0 Å². The SMILES string of the molecule is Cc1cc(C)cc(-c2ccc(C)nc2)c1. The van der Waals surface area contributed by atoms with Gasteiger partial charge in [-0.25, -0.2) is 0 Å². The van der Waals surface area contributed by atoms with Gasteiger partial charge in [0.25, 0.3) is 0 Å². The summed E-state index contributed by atoms with van der Waals surface area (Å²) < 4.78 is 0. The summed E-state index contributed by atoms with van der Waals surface area (Å²) in [7, 11) is 0. The zero-order valence-corrected chi connectivity index (χ0v) is 9.41. The standard InChI is InChI=1S/C14H15N/c1-10-6-11(2)8-14(7-10)13-5-4-12(3)15-9-13/h4-9H,1-3H3. The highest BCUT2D eigenvalue weighted by molar-refractivity contribution is 5.64. The van der Waals surface area contributed by atoms with E-state index in [4.69, 9.17) is 0 Å². The summed E-state index contributed by atoms with van der Waals surface area (Å²) in [6, 6.07) is 10.7. The molecule has 0 aliphatic rings. The smallest absolute Gasteiger partial charge is 0.0373 e. The Morgan fingerprint density at radius 3 is 2.00 bits per heavy atom. The van der Waals surface area contributed by atoms with Crippen LogP contribution in [0.4, 0.5) is 0 Å². The molecule has 0 aliphatic carbocycles. The van der Waals surface area contributed by atoms with Gasteiger partial charge in [-0.05, 0) is 32.4 Å². The van der Waals surface area contributed by atoms with E-state index in [2.05, 4.69) is 43.1 Å². The Balaban J connectivity index is 2.49. The number of rotatable bonds is 1.